The minimum Gasteiger partial charge on any atom is -0.324 e. The normalized spacial score (nSPS) is 13.6. The van der Waals surface area contributed by atoms with Crippen molar-refractivity contribution in [1.82, 2.24) is 14.8 Å². The molecule has 0 aromatic carbocycles. The van der Waals surface area contributed by atoms with Crippen LogP contribution in [0.2, 0.25) is 5.02 Å². The summed E-state index contributed by atoms with van der Waals surface area (Å²) in [5.41, 5.74) is 6.34. The fourth-order valence-corrected chi connectivity index (χ4v) is 2.07. The van der Waals surface area contributed by atoms with Gasteiger partial charge in [0.05, 0.1) is 16.8 Å². The topological polar surface area (TPSA) is 56.7 Å². The van der Waals surface area contributed by atoms with Crippen molar-refractivity contribution in [1.29, 1.82) is 0 Å². The van der Waals surface area contributed by atoms with Crippen LogP contribution in [0.4, 0.5) is 13.2 Å². The Labute approximate surface area is 118 Å². The fourth-order valence-electron chi connectivity index (χ4n) is 1.82. The van der Waals surface area contributed by atoms with Gasteiger partial charge in [0.1, 0.15) is 0 Å². The van der Waals surface area contributed by atoms with E-state index in [0.717, 1.165) is 17.8 Å². The molecule has 2 rings (SSSR count). The number of hydrogen-bond donors (Lipinski definition) is 1. The van der Waals surface area contributed by atoms with Crippen LogP contribution in [-0.2, 0) is 6.18 Å². The van der Waals surface area contributed by atoms with Crippen molar-refractivity contribution in [2.24, 2.45) is 5.73 Å². The van der Waals surface area contributed by atoms with Gasteiger partial charge in [-0.3, -0.25) is 0 Å². The molecule has 8 heteroatoms. The number of halogens is 4. The molecule has 0 saturated heterocycles. The third-order valence-electron chi connectivity index (χ3n) is 2.89. The second-order valence-electron chi connectivity index (χ2n) is 4.41. The van der Waals surface area contributed by atoms with Crippen LogP contribution < -0.4 is 5.73 Å². The van der Waals surface area contributed by atoms with Crippen molar-refractivity contribution in [3.63, 3.8) is 0 Å². The standard InChI is InChI=1S/C12H12ClF3N4/c1-6(17)9-5-19-20(7(9)2)11-10(13)3-8(4-18-11)12(14,15)16/h3-6H,17H2,1-2H3. The van der Waals surface area contributed by atoms with Crippen molar-refractivity contribution in [2.45, 2.75) is 26.1 Å². The zero-order chi connectivity index (χ0) is 15.1. The average molecular weight is 305 g/mol. The quantitative estimate of drug-likeness (QED) is 0.926. The molecule has 0 aliphatic carbocycles. The van der Waals surface area contributed by atoms with Crippen LogP contribution in [0.5, 0.6) is 0 Å². The lowest BCUT2D eigenvalue weighted by Gasteiger charge is -2.11. The van der Waals surface area contributed by atoms with Gasteiger partial charge >= 0.3 is 6.18 Å². The van der Waals surface area contributed by atoms with Crippen molar-refractivity contribution in [3.8, 4) is 5.82 Å². The van der Waals surface area contributed by atoms with E-state index in [9.17, 15) is 13.2 Å². The molecule has 0 bridgehead atoms. The Morgan fingerprint density at radius 3 is 2.45 bits per heavy atom. The summed E-state index contributed by atoms with van der Waals surface area (Å²) in [6, 6.07) is 0.591. The van der Waals surface area contributed by atoms with Gasteiger partial charge in [0.25, 0.3) is 0 Å². The third kappa shape index (κ3) is 2.64. The maximum absolute atomic E-state index is 12.6. The SMILES string of the molecule is Cc1c(C(C)N)cnn1-c1ncc(C(F)(F)F)cc1Cl. The zero-order valence-electron chi connectivity index (χ0n) is 10.7. The first-order valence-corrected chi connectivity index (χ1v) is 6.13. The second kappa shape index (κ2) is 5.06. The first kappa shape index (κ1) is 14.8. The molecule has 2 aromatic rings. The van der Waals surface area contributed by atoms with Gasteiger partial charge in [0.2, 0.25) is 0 Å². The lowest BCUT2D eigenvalue weighted by molar-refractivity contribution is -0.137. The van der Waals surface area contributed by atoms with E-state index in [1.807, 2.05) is 0 Å². The fraction of sp³-hybridized carbons (Fsp3) is 0.333. The van der Waals surface area contributed by atoms with Gasteiger partial charge in [0, 0.05) is 23.5 Å². The average Bonchev–Trinajstić information content (AvgIpc) is 2.70. The van der Waals surface area contributed by atoms with Crippen molar-refractivity contribution >= 4 is 11.6 Å². The lowest BCUT2D eigenvalue weighted by Crippen LogP contribution is -2.10. The number of nitrogens with two attached hydrogens (primary N) is 1. The Morgan fingerprint density at radius 1 is 1.35 bits per heavy atom. The first-order valence-electron chi connectivity index (χ1n) is 5.75. The van der Waals surface area contributed by atoms with E-state index in [1.54, 1.807) is 20.0 Å². The number of nitrogens with zero attached hydrogens (tertiary/aromatic N) is 3. The molecule has 0 radical (unpaired) electrons. The van der Waals surface area contributed by atoms with E-state index in [4.69, 9.17) is 17.3 Å². The van der Waals surface area contributed by atoms with E-state index < -0.39 is 11.7 Å². The predicted octanol–water partition coefficient (Wildman–Crippen LogP) is 3.27. The van der Waals surface area contributed by atoms with Crippen LogP contribution in [0.1, 0.15) is 29.8 Å². The number of hydrogen-bond acceptors (Lipinski definition) is 3. The lowest BCUT2D eigenvalue weighted by atomic mass is 10.1. The summed E-state index contributed by atoms with van der Waals surface area (Å²) in [5.74, 6) is 0.143. The molecule has 0 aliphatic rings. The monoisotopic (exact) mass is 304 g/mol. The number of rotatable bonds is 2. The molecule has 0 fully saturated rings. The Hall–Kier alpha value is -1.60. The third-order valence-corrected chi connectivity index (χ3v) is 3.17. The first-order chi connectivity index (χ1) is 9.21. The van der Waals surface area contributed by atoms with Gasteiger partial charge < -0.3 is 5.73 Å². The Morgan fingerprint density at radius 2 is 2.00 bits per heavy atom. The summed E-state index contributed by atoms with van der Waals surface area (Å²) in [6.45, 7) is 3.54. The van der Waals surface area contributed by atoms with Crippen molar-refractivity contribution in [2.75, 3.05) is 0 Å². The highest BCUT2D eigenvalue weighted by Gasteiger charge is 2.32. The Bertz CT molecular complexity index is 634. The van der Waals surface area contributed by atoms with Crippen molar-refractivity contribution in [3.05, 3.63) is 40.3 Å². The Kier molecular flexibility index (Phi) is 3.75. The van der Waals surface area contributed by atoms with Gasteiger partial charge in [-0.25, -0.2) is 9.67 Å². The molecule has 0 amide bonds. The molecule has 1 unspecified atom stereocenters. The van der Waals surface area contributed by atoms with Crippen LogP contribution in [-0.4, -0.2) is 14.8 Å². The minimum atomic E-state index is -4.48. The molecule has 2 N–H and O–H groups in total. The highest BCUT2D eigenvalue weighted by molar-refractivity contribution is 6.32. The summed E-state index contributed by atoms with van der Waals surface area (Å²) in [6.07, 6.45) is -2.20. The Balaban J connectivity index is 2.49. The van der Waals surface area contributed by atoms with E-state index in [-0.39, 0.29) is 16.9 Å². The highest BCUT2D eigenvalue weighted by Crippen LogP contribution is 2.32. The smallest absolute Gasteiger partial charge is 0.324 e. The summed E-state index contributed by atoms with van der Waals surface area (Å²) in [7, 11) is 0. The number of aromatic nitrogens is 3. The maximum atomic E-state index is 12.6. The summed E-state index contributed by atoms with van der Waals surface area (Å²) in [4.78, 5) is 3.76. The van der Waals surface area contributed by atoms with E-state index >= 15 is 0 Å². The molecule has 0 spiro atoms. The van der Waals surface area contributed by atoms with E-state index in [0.29, 0.717) is 5.69 Å². The van der Waals surface area contributed by atoms with Gasteiger partial charge in [-0.15, -0.1) is 0 Å². The molecular formula is C12H12ClF3N4. The van der Waals surface area contributed by atoms with Gasteiger partial charge in [-0.1, -0.05) is 11.6 Å². The molecule has 0 aliphatic heterocycles. The van der Waals surface area contributed by atoms with Crippen LogP contribution in [0.3, 0.4) is 0 Å². The summed E-state index contributed by atoms with van der Waals surface area (Å²) < 4.78 is 39.0. The second-order valence-corrected chi connectivity index (χ2v) is 4.82. The van der Waals surface area contributed by atoms with Crippen LogP contribution in [0.25, 0.3) is 5.82 Å². The molecule has 4 nitrogen and oxygen atoms in total. The van der Waals surface area contributed by atoms with Crippen LogP contribution in [0, 0.1) is 6.92 Å². The zero-order valence-corrected chi connectivity index (χ0v) is 11.5. The van der Waals surface area contributed by atoms with Gasteiger partial charge in [-0.2, -0.15) is 18.3 Å². The number of alkyl halides is 3. The predicted molar refractivity (Wildman–Crippen MR) is 68.7 cm³/mol. The molecular weight excluding hydrogens is 293 g/mol. The van der Waals surface area contributed by atoms with Crippen molar-refractivity contribution < 1.29 is 13.2 Å². The molecule has 2 aromatic heterocycles. The molecule has 1 atom stereocenters. The highest BCUT2D eigenvalue weighted by atomic mass is 35.5. The maximum Gasteiger partial charge on any atom is 0.417 e. The summed E-state index contributed by atoms with van der Waals surface area (Å²) >= 11 is 5.88. The molecule has 108 valence electrons. The minimum absolute atomic E-state index is 0.123. The molecule has 0 saturated carbocycles. The number of pyridine rings is 1. The largest absolute Gasteiger partial charge is 0.417 e. The van der Waals surface area contributed by atoms with E-state index in [1.165, 1.54) is 4.68 Å². The van der Waals surface area contributed by atoms with Crippen LogP contribution in [0.15, 0.2) is 18.5 Å². The van der Waals surface area contributed by atoms with Gasteiger partial charge in [0.15, 0.2) is 5.82 Å². The molecule has 2 heterocycles. The van der Waals surface area contributed by atoms with Gasteiger partial charge in [-0.05, 0) is 19.9 Å². The van der Waals surface area contributed by atoms with E-state index in [2.05, 4.69) is 10.1 Å². The summed E-state index contributed by atoms with van der Waals surface area (Å²) in [5, 5.41) is 3.95. The van der Waals surface area contributed by atoms with Crippen LogP contribution >= 0.6 is 11.6 Å². The molecule has 20 heavy (non-hydrogen) atoms.